The summed E-state index contributed by atoms with van der Waals surface area (Å²) in [6.07, 6.45) is 3.32. The van der Waals surface area contributed by atoms with Crippen LogP contribution in [0.15, 0.2) is 40.7 Å². The van der Waals surface area contributed by atoms with Gasteiger partial charge in [-0.15, -0.1) is 11.3 Å². The third-order valence-corrected chi connectivity index (χ3v) is 5.28. The van der Waals surface area contributed by atoms with E-state index in [1.54, 1.807) is 41.9 Å². The number of ether oxygens (including phenoxy) is 1. The van der Waals surface area contributed by atoms with Gasteiger partial charge in [0.05, 0.1) is 23.0 Å². The lowest BCUT2D eigenvalue weighted by molar-refractivity contribution is -0.137. The molecule has 2 N–H and O–H groups in total. The number of hydrogen-bond donors (Lipinski definition) is 2. The number of thiazole rings is 1. The van der Waals surface area contributed by atoms with Crippen LogP contribution >= 0.6 is 23.1 Å². The minimum absolute atomic E-state index is 0.0583. The molecule has 6 nitrogen and oxygen atoms in total. The fourth-order valence-corrected chi connectivity index (χ4v) is 4.06. The second-order valence-corrected chi connectivity index (χ2v) is 7.21. The lowest BCUT2D eigenvalue weighted by atomic mass is 10.1. The second kappa shape index (κ2) is 7.62. The van der Waals surface area contributed by atoms with Crippen molar-refractivity contribution in [1.29, 1.82) is 5.41 Å². The van der Waals surface area contributed by atoms with Gasteiger partial charge in [0.15, 0.2) is 5.78 Å². The van der Waals surface area contributed by atoms with Crippen LogP contribution in [0.25, 0.3) is 6.08 Å². The summed E-state index contributed by atoms with van der Waals surface area (Å²) in [5, 5.41) is 19.4. The van der Waals surface area contributed by atoms with Crippen molar-refractivity contribution in [2.45, 2.75) is 12.3 Å². The number of carbonyl (C=O) groups excluding carboxylic acids is 1. The third kappa shape index (κ3) is 4.15. The molecule has 1 aliphatic heterocycles. The molecule has 0 saturated carbocycles. The standard InChI is InChI=1S/C17H14N2O4S2/c18-16-14(17-19-6-8-24-17)15(22)12(25-16)9-10-1-3-11(4-2-10)23-7-5-13(20)21/h1-4,6,8-9,14,18H,5,7H2,(H,20,21)/b12-9-,18-16?/t14-/m0/s1. The Morgan fingerprint density at radius 2 is 2.12 bits per heavy atom. The number of allylic oxidation sites excluding steroid dienone is 1. The number of aliphatic carboxylic acids is 1. The summed E-state index contributed by atoms with van der Waals surface area (Å²) < 4.78 is 5.33. The lowest BCUT2D eigenvalue weighted by Gasteiger charge is -2.04. The molecule has 3 rings (SSSR count). The molecule has 2 heterocycles. The minimum atomic E-state index is -0.907. The predicted octanol–water partition coefficient (Wildman–Crippen LogP) is 3.41. The molecular weight excluding hydrogens is 360 g/mol. The molecule has 25 heavy (non-hydrogen) atoms. The van der Waals surface area contributed by atoms with E-state index >= 15 is 0 Å². The van der Waals surface area contributed by atoms with Gasteiger partial charge in [-0.1, -0.05) is 23.9 Å². The molecular formula is C17H14N2O4S2. The molecule has 0 bridgehead atoms. The molecule has 0 spiro atoms. The number of benzene rings is 1. The van der Waals surface area contributed by atoms with Crippen LogP contribution in [0.4, 0.5) is 0 Å². The molecule has 1 aromatic carbocycles. The SMILES string of the molecule is N=C1S/C(=C\c2ccc(OCCC(=O)O)cc2)C(=O)[C@@H]1c1nccs1. The van der Waals surface area contributed by atoms with Gasteiger partial charge >= 0.3 is 5.97 Å². The zero-order valence-electron chi connectivity index (χ0n) is 13.0. The van der Waals surface area contributed by atoms with Gasteiger partial charge in [0.2, 0.25) is 0 Å². The summed E-state index contributed by atoms with van der Waals surface area (Å²) in [7, 11) is 0. The summed E-state index contributed by atoms with van der Waals surface area (Å²) in [5.74, 6) is -1.03. The summed E-state index contributed by atoms with van der Waals surface area (Å²) in [4.78, 5) is 27.7. The van der Waals surface area contributed by atoms with Crippen molar-refractivity contribution < 1.29 is 19.4 Å². The number of ketones is 1. The lowest BCUT2D eigenvalue weighted by Crippen LogP contribution is -2.11. The van der Waals surface area contributed by atoms with Gasteiger partial charge in [-0.3, -0.25) is 15.0 Å². The highest BCUT2D eigenvalue weighted by molar-refractivity contribution is 8.19. The van der Waals surface area contributed by atoms with Crippen LogP contribution < -0.4 is 4.74 Å². The average Bonchev–Trinajstić information content (AvgIpc) is 3.17. The topological polar surface area (TPSA) is 100 Å². The molecule has 1 fully saturated rings. The van der Waals surface area contributed by atoms with Gasteiger partial charge in [0, 0.05) is 11.6 Å². The van der Waals surface area contributed by atoms with E-state index in [4.69, 9.17) is 15.3 Å². The molecule has 0 radical (unpaired) electrons. The number of nitrogens with one attached hydrogen (secondary N) is 1. The Bertz CT molecular complexity index is 829. The fourth-order valence-electron chi connectivity index (χ4n) is 2.26. The number of thioether (sulfide) groups is 1. The summed E-state index contributed by atoms with van der Waals surface area (Å²) in [5.41, 5.74) is 0.814. The number of carbonyl (C=O) groups is 2. The highest BCUT2D eigenvalue weighted by atomic mass is 32.2. The summed E-state index contributed by atoms with van der Waals surface area (Å²) >= 11 is 2.54. The molecule has 1 saturated heterocycles. The maximum absolute atomic E-state index is 12.5. The Kier molecular flexibility index (Phi) is 5.30. The van der Waals surface area contributed by atoms with Crippen LogP contribution in [0.1, 0.15) is 22.9 Å². The number of rotatable bonds is 6. The molecule has 0 amide bonds. The van der Waals surface area contributed by atoms with Crippen LogP contribution in [-0.4, -0.2) is 33.5 Å². The van der Waals surface area contributed by atoms with E-state index in [9.17, 15) is 9.59 Å². The summed E-state index contributed by atoms with van der Waals surface area (Å²) in [6.45, 7) is 0.108. The van der Waals surface area contributed by atoms with Gasteiger partial charge < -0.3 is 9.84 Å². The number of carboxylic acid groups (broad SMARTS) is 1. The van der Waals surface area contributed by atoms with Crippen molar-refractivity contribution in [2.24, 2.45) is 0 Å². The predicted molar refractivity (Wildman–Crippen MR) is 97.3 cm³/mol. The molecule has 128 valence electrons. The number of nitrogens with zero attached hydrogens (tertiary/aromatic N) is 1. The summed E-state index contributed by atoms with van der Waals surface area (Å²) in [6, 6.07) is 7.03. The second-order valence-electron chi connectivity index (χ2n) is 5.20. The number of Topliss-reactive ketones (excluding diaryl/α,β-unsaturated/α-hetero) is 1. The first-order valence-corrected chi connectivity index (χ1v) is 9.10. The van der Waals surface area contributed by atoms with Gasteiger partial charge in [0.1, 0.15) is 16.7 Å². The Morgan fingerprint density at radius 1 is 1.36 bits per heavy atom. The largest absolute Gasteiger partial charge is 0.493 e. The third-order valence-electron chi connectivity index (χ3n) is 3.45. The van der Waals surface area contributed by atoms with Crippen molar-refractivity contribution in [3.63, 3.8) is 0 Å². The number of aromatic nitrogens is 1. The molecule has 2 aromatic rings. The van der Waals surface area contributed by atoms with E-state index in [-0.39, 0.29) is 18.8 Å². The first-order valence-electron chi connectivity index (χ1n) is 7.41. The van der Waals surface area contributed by atoms with Crippen molar-refractivity contribution in [3.05, 3.63) is 51.3 Å². The highest BCUT2D eigenvalue weighted by Gasteiger charge is 2.38. The highest BCUT2D eigenvalue weighted by Crippen LogP contribution is 2.41. The quantitative estimate of drug-likeness (QED) is 0.752. The monoisotopic (exact) mass is 374 g/mol. The average molecular weight is 374 g/mol. The van der Waals surface area contributed by atoms with E-state index in [0.717, 1.165) is 17.3 Å². The zero-order chi connectivity index (χ0) is 17.8. The van der Waals surface area contributed by atoms with E-state index < -0.39 is 11.9 Å². The molecule has 8 heteroatoms. The normalized spacial score (nSPS) is 18.7. The van der Waals surface area contributed by atoms with Gasteiger partial charge in [-0.05, 0) is 23.8 Å². The van der Waals surface area contributed by atoms with Gasteiger partial charge in [-0.25, -0.2) is 4.98 Å². The van der Waals surface area contributed by atoms with Gasteiger partial charge in [0.25, 0.3) is 0 Å². The maximum Gasteiger partial charge on any atom is 0.306 e. The van der Waals surface area contributed by atoms with E-state index in [2.05, 4.69) is 4.98 Å². The molecule has 1 aromatic heterocycles. The maximum atomic E-state index is 12.5. The molecule has 1 aliphatic rings. The smallest absolute Gasteiger partial charge is 0.306 e. The van der Waals surface area contributed by atoms with Crippen molar-refractivity contribution >= 4 is 46.0 Å². The minimum Gasteiger partial charge on any atom is -0.493 e. The molecule has 1 atom stereocenters. The fraction of sp³-hybridized carbons (Fsp3) is 0.176. The number of hydrogen-bond acceptors (Lipinski definition) is 7. The van der Waals surface area contributed by atoms with E-state index in [0.29, 0.717) is 20.7 Å². The van der Waals surface area contributed by atoms with Crippen molar-refractivity contribution in [3.8, 4) is 5.75 Å². The van der Waals surface area contributed by atoms with Crippen molar-refractivity contribution in [1.82, 2.24) is 4.98 Å². The van der Waals surface area contributed by atoms with Crippen molar-refractivity contribution in [2.75, 3.05) is 6.61 Å². The molecule has 0 unspecified atom stereocenters. The number of carboxylic acids is 1. The van der Waals surface area contributed by atoms with Crippen LogP contribution in [0, 0.1) is 5.41 Å². The Balaban J connectivity index is 1.70. The van der Waals surface area contributed by atoms with Crippen LogP contribution in [-0.2, 0) is 9.59 Å². The Morgan fingerprint density at radius 3 is 2.76 bits per heavy atom. The van der Waals surface area contributed by atoms with Gasteiger partial charge in [-0.2, -0.15) is 0 Å². The van der Waals surface area contributed by atoms with Crippen LogP contribution in [0.2, 0.25) is 0 Å². The molecule has 0 aliphatic carbocycles. The van der Waals surface area contributed by atoms with Crippen LogP contribution in [0.5, 0.6) is 5.75 Å². The first kappa shape index (κ1) is 17.4. The first-order chi connectivity index (χ1) is 12.0. The van der Waals surface area contributed by atoms with Crippen LogP contribution in [0.3, 0.4) is 0 Å². The van der Waals surface area contributed by atoms with E-state index in [1.165, 1.54) is 11.3 Å². The van der Waals surface area contributed by atoms with E-state index in [1.807, 2.05) is 0 Å². The zero-order valence-corrected chi connectivity index (χ0v) is 14.6. The Hall–Kier alpha value is -2.45. The Labute approximate surface area is 152 Å².